The first-order chi connectivity index (χ1) is 15.0. The Balaban J connectivity index is 1.44. The van der Waals surface area contributed by atoms with Gasteiger partial charge >= 0.3 is 0 Å². The van der Waals surface area contributed by atoms with Gasteiger partial charge in [-0.15, -0.1) is 15.3 Å². The van der Waals surface area contributed by atoms with Crippen molar-refractivity contribution < 1.29 is 13.5 Å². The van der Waals surface area contributed by atoms with Gasteiger partial charge in [-0.1, -0.05) is 17.3 Å². The van der Waals surface area contributed by atoms with Crippen molar-refractivity contribution in [2.75, 3.05) is 24.5 Å². The van der Waals surface area contributed by atoms with Crippen LogP contribution in [0, 0.1) is 18.3 Å². The largest absolute Gasteiger partial charge is 0.470 e. The summed E-state index contributed by atoms with van der Waals surface area (Å²) in [6, 6.07) is 11.3. The zero-order valence-corrected chi connectivity index (χ0v) is 16.7. The Labute approximate surface area is 177 Å². The summed E-state index contributed by atoms with van der Waals surface area (Å²) in [5, 5.41) is 28.7. The predicted octanol–water partition coefficient (Wildman–Crippen LogP) is 2.18. The predicted molar refractivity (Wildman–Crippen MR) is 107 cm³/mol. The Hall–Kier alpha value is -3.65. The number of hydrogen-bond acceptors (Lipinski definition) is 8. The Morgan fingerprint density at radius 1 is 1.19 bits per heavy atom. The molecule has 0 bridgehead atoms. The fraction of sp³-hybridized carbons (Fsp3) is 0.350. The molecule has 1 aliphatic heterocycles. The Kier molecular flexibility index (Phi) is 5.99. The SMILES string of the molecule is Cc1nnn(-c2ccc(C(F)F)cc2)c1COc1ccc(N2CCNC(C#N)C2)nn1. The van der Waals surface area contributed by atoms with Crippen LogP contribution < -0.4 is 15.0 Å². The molecule has 1 aromatic carbocycles. The first-order valence-electron chi connectivity index (χ1n) is 9.69. The van der Waals surface area contributed by atoms with Gasteiger partial charge in [-0.25, -0.2) is 13.5 Å². The molecule has 1 atom stereocenters. The second-order valence-electron chi connectivity index (χ2n) is 7.03. The lowest BCUT2D eigenvalue weighted by Crippen LogP contribution is -2.50. The molecule has 1 fully saturated rings. The lowest BCUT2D eigenvalue weighted by Gasteiger charge is -2.30. The summed E-state index contributed by atoms with van der Waals surface area (Å²) in [5.74, 6) is 1.01. The van der Waals surface area contributed by atoms with Crippen LogP contribution in [0.5, 0.6) is 5.88 Å². The highest BCUT2D eigenvalue weighted by Crippen LogP contribution is 2.22. The van der Waals surface area contributed by atoms with E-state index in [0.29, 0.717) is 41.9 Å². The van der Waals surface area contributed by atoms with Crippen molar-refractivity contribution in [1.29, 1.82) is 5.26 Å². The van der Waals surface area contributed by atoms with Crippen LogP contribution in [-0.2, 0) is 6.61 Å². The maximum atomic E-state index is 12.8. The number of aryl methyl sites for hydroxylation is 1. The van der Waals surface area contributed by atoms with Crippen molar-refractivity contribution in [2.24, 2.45) is 0 Å². The van der Waals surface area contributed by atoms with E-state index >= 15 is 0 Å². The number of nitrogens with zero attached hydrogens (tertiary/aromatic N) is 7. The minimum atomic E-state index is -2.53. The van der Waals surface area contributed by atoms with Crippen LogP contribution >= 0.6 is 0 Å². The third-order valence-corrected chi connectivity index (χ3v) is 4.99. The Bertz CT molecular complexity index is 1060. The monoisotopic (exact) mass is 426 g/mol. The second-order valence-corrected chi connectivity index (χ2v) is 7.03. The number of anilines is 1. The van der Waals surface area contributed by atoms with Crippen LogP contribution in [0.25, 0.3) is 5.69 Å². The van der Waals surface area contributed by atoms with Gasteiger partial charge in [0.15, 0.2) is 5.82 Å². The van der Waals surface area contributed by atoms with Gasteiger partial charge in [0.2, 0.25) is 5.88 Å². The van der Waals surface area contributed by atoms with Crippen LogP contribution in [0.2, 0.25) is 0 Å². The number of aromatic nitrogens is 5. The summed E-state index contributed by atoms with van der Waals surface area (Å²) >= 11 is 0. The molecule has 0 aliphatic carbocycles. The normalized spacial score (nSPS) is 16.4. The van der Waals surface area contributed by atoms with Crippen LogP contribution in [0.15, 0.2) is 36.4 Å². The minimum absolute atomic E-state index is 0.0562. The number of rotatable bonds is 6. The Morgan fingerprint density at radius 3 is 2.68 bits per heavy atom. The highest BCUT2D eigenvalue weighted by Gasteiger charge is 2.20. The molecular formula is C20H20F2N8O. The van der Waals surface area contributed by atoms with E-state index in [4.69, 9.17) is 10.00 Å². The van der Waals surface area contributed by atoms with E-state index < -0.39 is 6.43 Å². The number of nitriles is 1. The van der Waals surface area contributed by atoms with E-state index in [0.717, 1.165) is 6.54 Å². The van der Waals surface area contributed by atoms with Gasteiger partial charge in [-0.2, -0.15) is 5.26 Å². The highest BCUT2D eigenvalue weighted by molar-refractivity contribution is 5.40. The number of halogens is 2. The molecule has 0 amide bonds. The van der Waals surface area contributed by atoms with Gasteiger partial charge in [0, 0.05) is 31.3 Å². The minimum Gasteiger partial charge on any atom is -0.470 e. The zero-order chi connectivity index (χ0) is 21.8. The van der Waals surface area contributed by atoms with E-state index in [1.807, 2.05) is 4.90 Å². The smallest absolute Gasteiger partial charge is 0.263 e. The van der Waals surface area contributed by atoms with Crippen molar-refractivity contribution in [3.8, 4) is 17.6 Å². The molecule has 0 radical (unpaired) electrons. The van der Waals surface area contributed by atoms with E-state index in [1.54, 1.807) is 35.9 Å². The number of benzene rings is 1. The molecule has 31 heavy (non-hydrogen) atoms. The van der Waals surface area contributed by atoms with Crippen molar-refractivity contribution in [1.82, 2.24) is 30.5 Å². The fourth-order valence-corrected chi connectivity index (χ4v) is 3.26. The molecule has 0 spiro atoms. The summed E-state index contributed by atoms with van der Waals surface area (Å²) in [5.41, 5.74) is 1.88. The molecule has 4 rings (SSSR count). The van der Waals surface area contributed by atoms with Crippen LogP contribution in [0.3, 0.4) is 0 Å². The fourth-order valence-electron chi connectivity index (χ4n) is 3.26. The van der Waals surface area contributed by atoms with Crippen molar-refractivity contribution in [3.63, 3.8) is 0 Å². The van der Waals surface area contributed by atoms with Crippen LogP contribution in [0.1, 0.15) is 23.4 Å². The molecule has 2 aromatic heterocycles. The molecule has 1 N–H and O–H groups in total. The van der Waals surface area contributed by atoms with Crippen molar-refractivity contribution in [3.05, 3.63) is 53.3 Å². The van der Waals surface area contributed by atoms with Gasteiger partial charge in [0.1, 0.15) is 18.3 Å². The third-order valence-electron chi connectivity index (χ3n) is 4.99. The van der Waals surface area contributed by atoms with Crippen molar-refractivity contribution >= 4 is 5.82 Å². The topological polar surface area (TPSA) is 105 Å². The molecule has 3 aromatic rings. The number of nitrogens with one attached hydrogen (secondary N) is 1. The third kappa shape index (κ3) is 4.59. The molecule has 9 nitrogen and oxygen atoms in total. The maximum absolute atomic E-state index is 12.8. The van der Waals surface area contributed by atoms with E-state index in [2.05, 4.69) is 31.9 Å². The molecular weight excluding hydrogens is 406 g/mol. The second kappa shape index (κ2) is 9.01. The lowest BCUT2D eigenvalue weighted by atomic mass is 10.2. The molecule has 0 saturated carbocycles. The Morgan fingerprint density at radius 2 is 2.00 bits per heavy atom. The molecule has 1 aliphatic rings. The standard InChI is InChI=1S/C20H20F2N8O/c1-13-17(30(28-25-13)16-4-2-14(3-5-16)20(21)22)12-31-19-7-6-18(26-27-19)29-9-8-24-15(10-23)11-29/h2-7,15,20,24H,8-9,11-12H2,1H3. The average Bonchev–Trinajstić information content (AvgIpc) is 3.18. The first kappa shape index (κ1) is 20.6. The quantitative estimate of drug-likeness (QED) is 0.640. The summed E-state index contributed by atoms with van der Waals surface area (Å²) < 4.78 is 32.9. The highest BCUT2D eigenvalue weighted by atomic mass is 19.3. The van der Waals surface area contributed by atoms with Crippen LogP contribution in [0.4, 0.5) is 14.6 Å². The van der Waals surface area contributed by atoms with Crippen LogP contribution in [-0.4, -0.2) is 50.9 Å². The molecule has 1 unspecified atom stereocenters. The number of ether oxygens (including phenoxy) is 1. The average molecular weight is 426 g/mol. The van der Waals surface area contributed by atoms with E-state index in [9.17, 15) is 8.78 Å². The summed E-state index contributed by atoms with van der Waals surface area (Å²) in [4.78, 5) is 1.99. The van der Waals surface area contributed by atoms with Gasteiger partial charge in [-0.3, -0.25) is 5.32 Å². The first-order valence-corrected chi connectivity index (χ1v) is 9.69. The lowest BCUT2D eigenvalue weighted by molar-refractivity contribution is 0.151. The van der Waals surface area contributed by atoms with Crippen molar-refractivity contribution in [2.45, 2.75) is 26.0 Å². The molecule has 11 heteroatoms. The maximum Gasteiger partial charge on any atom is 0.263 e. The van der Waals surface area contributed by atoms with Gasteiger partial charge in [0.05, 0.1) is 17.5 Å². The number of alkyl halides is 2. The van der Waals surface area contributed by atoms with Gasteiger partial charge < -0.3 is 9.64 Å². The van der Waals surface area contributed by atoms with Gasteiger partial charge in [0.25, 0.3) is 6.43 Å². The molecule has 160 valence electrons. The zero-order valence-electron chi connectivity index (χ0n) is 16.7. The number of hydrogen-bond donors (Lipinski definition) is 1. The molecule has 3 heterocycles. The summed E-state index contributed by atoms with van der Waals surface area (Å²) in [7, 11) is 0. The number of piperazine rings is 1. The van der Waals surface area contributed by atoms with E-state index in [-0.39, 0.29) is 18.2 Å². The summed E-state index contributed by atoms with van der Waals surface area (Å²) in [6.07, 6.45) is -2.53. The molecule has 1 saturated heterocycles. The summed E-state index contributed by atoms with van der Waals surface area (Å²) in [6.45, 7) is 3.90. The van der Waals surface area contributed by atoms with Gasteiger partial charge in [-0.05, 0) is 25.1 Å². The van der Waals surface area contributed by atoms with E-state index in [1.165, 1.54) is 12.1 Å².